The van der Waals surface area contributed by atoms with Crippen LogP contribution >= 0.6 is 11.6 Å². The van der Waals surface area contributed by atoms with Gasteiger partial charge in [0.15, 0.2) is 0 Å². The molecule has 1 atom stereocenters. The molecule has 20 heavy (non-hydrogen) atoms. The van der Waals surface area contributed by atoms with Gasteiger partial charge in [-0.25, -0.2) is 0 Å². The van der Waals surface area contributed by atoms with E-state index in [1.54, 1.807) is 0 Å². The number of carbonyl (C=O) groups is 2. The summed E-state index contributed by atoms with van der Waals surface area (Å²) >= 11 is 5.74. The Morgan fingerprint density at radius 2 is 2.00 bits per heavy atom. The summed E-state index contributed by atoms with van der Waals surface area (Å²) in [6.07, 6.45) is 0.444. The normalized spacial score (nSPS) is 12.2. The summed E-state index contributed by atoms with van der Waals surface area (Å²) in [4.78, 5) is 22.8. The first-order valence-corrected chi connectivity index (χ1v) is 6.68. The van der Waals surface area contributed by atoms with Gasteiger partial charge in [-0.3, -0.25) is 9.59 Å². The van der Waals surface area contributed by atoms with Crippen molar-refractivity contribution in [3.05, 3.63) is 28.8 Å². The van der Waals surface area contributed by atoms with Crippen LogP contribution in [0.2, 0.25) is 5.02 Å². The molecule has 1 aromatic rings. The largest absolute Gasteiger partial charge is 0.506 e. The number of halogens is 1. The fourth-order valence-corrected chi connectivity index (χ4v) is 2.07. The van der Waals surface area contributed by atoms with Crippen LogP contribution in [-0.2, 0) is 4.79 Å². The quantitative estimate of drug-likeness (QED) is 0.753. The fraction of sp³-hybridized carbons (Fsp3) is 0.429. The van der Waals surface area contributed by atoms with E-state index in [4.69, 9.17) is 16.7 Å². The van der Waals surface area contributed by atoms with Crippen LogP contribution in [0.3, 0.4) is 0 Å². The van der Waals surface area contributed by atoms with Crippen molar-refractivity contribution < 1.29 is 19.8 Å². The molecule has 0 aromatic heterocycles. The number of phenolic OH excluding ortho intramolecular Hbond substituents is 1. The Hall–Kier alpha value is -1.75. The summed E-state index contributed by atoms with van der Waals surface area (Å²) in [5.74, 6) is -1.20. The highest BCUT2D eigenvalue weighted by molar-refractivity contribution is 6.32. The Kier molecular flexibility index (Phi) is 5.82. The van der Waals surface area contributed by atoms with E-state index < -0.39 is 17.9 Å². The van der Waals surface area contributed by atoms with Gasteiger partial charge in [0.2, 0.25) is 0 Å². The molecular formula is C14H18ClNO4. The third kappa shape index (κ3) is 5.09. The lowest BCUT2D eigenvalue weighted by Gasteiger charge is -2.19. The van der Waals surface area contributed by atoms with Crippen LogP contribution in [0.25, 0.3) is 0 Å². The molecule has 0 saturated heterocycles. The van der Waals surface area contributed by atoms with E-state index in [1.807, 2.05) is 13.8 Å². The molecule has 0 aliphatic heterocycles. The van der Waals surface area contributed by atoms with E-state index in [-0.39, 0.29) is 28.7 Å². The molecule has 0 heterocycles. The number of carbonyl (C=O) groups excluding carboxylic acids is 1. The van der Waals surface area contributed by atoms with Crippen LogP contribution in [0.1, 0.15) is 37.0 Å². The zero-order valence-electron chi connectivity index (χ0n) is 11.4. The van der Waals surface area contributed by atoms with Crippen molar-refractivity contribution in [3.8, 4) is 5.75 Å². The SMILES string of the molecule is CC(C)CC(CC(=O)O)NC(=O)c1ccc(O)c(Cl)c1. The first kappa shape index (κ1) is 16.3. The van der Waals surface area contributed by atoms with Crippen molar-refractivity contribution in [1.82, 2.24) is 5.32 Å². The number of carboxylic acids is 1. The number of aromatic hydroxyl groups is 1. The highest BCUT2D eigenvalue weighted by atomic mass is 35.5. The van der Waals surface area contributed by atoms with Crippen LogP contribution in [0.15, 0.2) is 18.2 Å². The molecule has 0 fully saturated rings. The number of amides is 1. The Labute approximate surface area is 122 Å². The molecule has 5 nitrogen and oxygen atoms in total. The van der Waals surface area contributed by atoms with Crippen LogP contribution in [0.5, 0.6) is 5.75 Å². The molecule has 0 radical (unpaired) electrons. The number of hydrogen-bond acceptors (Lipinski definition) is 3. The number of hydrogen-bond donors (Lipinski definition) is 3. The lowest BCUT2D eigenvalue weighted by Crippen LogP contribution is -2.37. The van der Waals surface area contributed by atoms with Crippen LogP contribution in [0, 0.1) is 5.92 Å². The van der Waals surface area contributed by atoms with E-state index in [2.05, 4.69) is 5.32 Å². The molecular weight excluding hydrogens is 282 g/mol. The van der Waals surface area contributed by atoms with Crippen LogP contribution in [0.4, 0.5) is 0 Å². The zero-order chi connectivity index (χ0) is 15.3. The number of benzene rings is 1. The van der Waals surface area contributed by atoms with Gasteiger partial charge in [0.25, 0.3) is 5.91 Å². The van der Waals surface area contributed by atoms with E-state index in [0.29, 0.717) is 6.42 Å². The Morgan fingerprint density at radius 1 is 1.35 bits per heavy atom. The molecule has 110 valence electrons. The van der Waals surface area contributed by atoms with E-state index in [1.165, 1.54) is 18.2 Å². The van der Waals surface area contributed by atoms with Gasteiger partial charge in [-0.05, 0) is 30.5 Å². The van der Waals surface area contributed by atoms with Gasteiger partial charge in [-0.15, -0.1) is 0 Å². The van der Waals surface area contributed by atoms with Crippen molar-refractivity contribution in [2.45, 2.75) is 32.7 Å². The van der Waals surface area contributed by atoms with Gasteiger partial charge < -0.3 is 15.5 Å². The highest BCUT2D eigenvalue weighted by Gasteiger charge is 2.18. The van der Waals surface area contributed by atoms with E-state index >= 15 is 0 Å². The maximum absolute atomic E-state index is 12.0. The third-order valence-electron chi connectivity index (χ3n) is 2.72. The maximum Gasteiger partial charge on any atom is 0.305 e. The van der Waals surface area contributed by atoms with Gasteiger partial charge >= 0.3 is 5.97 Å². The monoisotopic (exact) mass is 299 g/mol. The first-order valence-electron chi connectivity index (χ1n) is 6.30. The molecule has 0 bridgehead atoms. The lowest BCUT2D eigenvalue weighted by molar-refractivity contribution is -0.137. The molecule has 1 rings (SSSR count). The zero-order valence-corrected chi connectivity index (χ0v) is 12.1. The Morgan fingerprint density at radius 3 is 2.50 bits per heavy atom. The van der Waals surface area contributed by atoms with Crippen LogP contribution in [-0.4, -0.2) is 28.1 Å². The molecule has 0 aliphatic rings. The topological polar surface area (TPSA) is 86.6 Å². The molecule has 1 aromatic carbocycles. The molecule has 3 N–H and O–H groups in total. The van der Waals surface area contributed by atoms with Crippen LogP contribution < -0.4 is 5.32 Å². The molecule has 6 heteroatoms. The summed E-state index contributed by atoms with van der Waals surface area (Å²) in [5, 5.41) is 20.9. The number of nitrogens with one attached hydrogen (secondary N) is 1. The second-order valence-electron chi connectivity index (χ2n) is 5.06. The minimum Gasteiger partial charge on any atom is -0.506 e. The number of aliphatic carboxylic acids is 1. The maximum atomic E-state index is 12.0. The fourth-order valence-electron chi connectivity index (χ4n) is 1.89. The van der Waals surface area contributed by atoms with Gasteiger partial charge in [0, 0.05) is 11.6 Å². The third-order valence-corrected chi connectivity index (χ3v) is 3.02. The van der Waals surface area contributed by atoms with Crippen molar-refractivity contribution in [1.29, 1.82) is 0 Å². The Bertz CT molecular complexity index is 502. The second-order valence-corrected chi connectivity index (χ2v) is 5.47. The average Bonchev–Trinajstić information content (AvgIpc) is 2.30. The van der Waals surface area contributed by atoms with Crippen molar-refractivity contribution in [3.63, 3.8) is 0 Å². The summed E-state index contributed by atoms with van der Waals surface area (Å²) in [5.41, 5.74) is 0.284. The number of phenols is 1. The van der Waals surface area contributed by atoms with Gasteiger partial charge in [0.1, 0.15) is 5.75 Å². The summed E-state index contributed by atoms with van der Waals surface area (Å²) in [6.45, 7) is 3.91. The minimum atomic E-state index is -0.959. The second kappa shape index (κ2) is 7.14. The predicted molar refractivity (Wildman–Crippen MR) is 76.1 cm³/mol. The first-order chi connectivity index (χ1) is 9.29. The summed E-state index contributed by atoms with van der Waals surface area (Å²) in [7, 11) is 0. The smallest absolute Gasteiger partial charge is 0.305 e. The summed E-state index contributed by atoms with van der Waals surface area (Å²) in [6, 6.07) is 3.67. The minimum absolute atomic E-state index is 0.0799. The van der Waals surface area contributed by atoms with Gasteiger partial charge in [-0.2, -0.15) is 0 Å². The number of carboxylic acid groups (broad SMARTS) is 1. The number of rotatable bonds is 6. The molecule has 0 saturated carbocycles. The van der Waals surface area contributed by atoms with Gasteiger partial charge in [-0.1, -0.05) is 25.4 Å². The van der Waals surface area contributed by atoms with Crippen molar-refractivity contribution in [2.75, 3.05) is 0 Å². The average molecular weight is 300 g/mol. The molecule has 0 aliphatic carbocycles. The van der Waals surface area contributed by atoms with Gasteiger partial charge in [0.05, 0.1) is 11.4 Å². The molecule has 0 spiro atoms. The standard InChI is InChI=1S/C14H18ClNO4/c1-8(2)5-10(7-13(18)19)16-14(20)9-3-4-12(17)11(15)6-9/h3-4,6,8,10,17H,5,7H2,1-2H3,(H,16,20)(H,18,19). The van der Waals surface area contributed by atoms with Crippen molar-refractivity contribution in [2.24, 2.45) is 5.92 Å². The molecule has 1 unspecified atom stereocenters. The lowest BCUT2D eigenvalue weighted by atomic mass is 10.0. The van der Waals surface area contributed by atoms with E-state index in [0.717, 1.165) is 0 Å². The molecule has 1 amide bonds. The highest BCUT2D eigenvalue weighted by Crippen LogP contribution is 2.23. The summed E-state index contributed by atoms with van der Waals surface area (Å²) < 4.78 is 0. The van der Waals surface area contributed by atoms with Crippen molar-refractivity contribution >= 4 is 23.5 Å². The predicted octanol–water partition coefficient (Wildman–Crippen LogP) is 2.66. The van der Waals surface area contributed by atoms with E-state index in [9.17, 15) is 14.7 Å². The Balaban J connectivity index is 2.78.